The molecule has 3 aromatic heterocycles. The summed E-state index contributed by atoms with van der Waals surface area (Å²) < 4.78 is 4.71. The lowest BCUT2D eigenvalue weighted by Crippen LogP contribution is -2.04. The van der Waals surface area contributed by atoms with Crippen LogP contribution >= 0.6 is 0 Å². The molecule has 0 radical (unpaired) electrons. The number of fused-ring (bicyclic) bond motifs is 6. The summed E-state index contributed by atoms with van der Waals surface area (Å²) in [7, 11) is 0. The SMILES string of the molecule is C1=CC(n2c3ccccc3c3c(-c4cccc5c6ccccc6n(-c6nc(-c7ccccc7)cc(-c7ccccc7)n6)c45)cccc32)=CCC1. The van der Waals surface area contributed by atoms with Gasteiger partial charge in [-0.2, -0.15) is 0 Å². The van der Waals surface area contributed by atoms with Crippen molar-refractivity contribution in [3.8, 4) is 39.6 Å². The summed E-state index contributed by atoms with van der Waals surface area (Å²) in [5.74, 6) is 0.649. The first-order valence-electron chi connectivity index (χ1n) is 17.3. The number of rotatable bonds is 5. The van der Waals surface area contributed by atoms with Crippen LogP contribution in [0.15, 0.2) is 170 Å². The van der Waals surface area contributed by atoms with Gasteiger partial charge in [0.15, 0.2) is 0 Å². The molecular weight excluding hydrogens is 609 g/mol. The molecule has 0 aliphatic heterocycles. The zero-order valence-electron chi connectivity index (χ0n) is 27.4. The summed E-state index contributed by atoms with van der Waals surface area (Å²) in [4.78, 5) is 10.6. The summed E-state index contributed by atoms with van der Waals surface area (Å²) in [6.45, 7) is 0. The van der Waals surface area contributed by atoms with Crippen molar-refractivity contribution >= 4 is 49.3 Å². The molecule has 1 aliphatic rings. The molecule has 0 fully saturated rings. The van der Waals surface area contributed by atoms with Gasteiger partial charge in [-0.25, -0.2) is 9.97 Å². The molecule has 6 aromatic carbocycles. The summed E-state index contributed by atoms with van der Waals surface area (Å²) in [5, 5.41) is 4.83. The lowest BCUT2D eigenvalue weighted by atomic mass is 9.97. The van der Waals surface area contributed by atoms with Gasteiger partial charge in [0, 0.05) is 43.9 Å². The minimum absolute atomic E-state index is 0.649. The minimum atomic E-state index is 0.649. The van der Waals surface area contributed by atoms with Gasteiger partial charge in [0.25, 0.3) is 0 Å². The quantitative estimate of drug-likeness (QED) is 0.188. The Morgan fingerprint density at radius 1 is 0.460 bits per heavy atom. The lowest BCUT2D eigenvalue weighted by molar-refractivity contribution is 0.996. The zero-order chi connectivity index (χ0) is 33.0. The van der Waals surface area contributed by atoms with E-state index in [1.165, 1.54) is 43.8 Å². The van der Waals surface area contributed by atoms with E-state index in [1.807, 2.05) is 12.1 Å². The molecule has 0 amide bonds. The normalized spacial score (nSPS) is 13.1. The fourth-order valence-electron chi connectivity index (χ4n) is 7.78. The standard InChI is InChI=1S/C46H32N4/c1-4-16-31(17-5-1)39-30-40(32-18-6-2-7-19-32)48-46(47-39)50-41-27-12-10-22-34(41)36-25-14-26-37(45(36)50)35-24-15-29-43-44(35)38-23-11-13-28-42(38)49(43)33-20-8-3-9-21-33/h1-2,4-8,10-30H,3,9H2. The molecule has 0 unspecified atom stereocenters. The maximum atomic E-state index is 5.32. The van der Waals surface area contributed by atoms with Crippen LogP contribution in [0.2, 0.25) is 0 Å². The van der Waals surface area contributed by atoms with Crippen LogP contribution in [0.25, 0.3) is 88.9 Å². The van der Waals surface area contributed by atoms with Gasteiger partial charge in [-0.3, -0.25) is 4.57 Å². The molecule has 0 saturated heterocycles. The number of hydrogen-bond donors (Lipinski definition) is 0. The number of aromatic nitrogens is 4. The maximum Gasteiger partial charge on any atom is 0.235 e. The van der Waals surface area contributed by atoms with Gasteiger partial charge in [-0.1, -0.05) is 140 Å². The first-order valence-corrected chi connectivity index (χ1v) is 17.3. The summed E-state index contributed by atoms with van der Waals surface area (Å²) in [6.07, 6.45) is 9.04. The van der Waals surface area contributed by atoms with Crippen LogP contribution in [-0.4, -0.2) is 19.1 Å². The smallest absolute Gasteiger partial charge is 0.235 e. The van der Waals surface area contributed by atoms with Crippen molar-refractivity contribution in [3.63, 3.8) is 0 Å². The van der Waals surface area contributed by atoms with Crippen molar-refractivity contribution in [2.75, 3.05) is 0 Å². The van der Waals surface area contributed by atoms with Gasteiger partial charge >= 0.3 is 0 Å². The average Bonchev–Trinajstić information content (AvgIpc) is 3.72. The lowest BCUT2D eigenvalue weighted by Gasteiger charge is -2.14. The predicted octanol–water partition coefficient (Wildman–Crippen LogP) is 11.9. The molecule has 1 aliphatic carbocycles. The van der Waals surface area contributed by atoms with E-state index in [1.54, 1.807) is 0 Å². The largest absolute Gasteiger partial charge is 0.310 e. The number of allylic oxidation sites excluding steroid dienone is 4. The van der Waals surface area contributed by atoms with Crippen LogP contribution < -0.4 is 0 Å². The van der Waals surface area contributed by atoms with E-state index in [0.29, 0.717) is 5.95 Å². The fraction of sp³-hybridized carbons (Fsp3) is 0.0435. The first-order chi connectivity index (χ1) is 24.8. The Balaban J connectivity index is 1.31. The molecule has 0 spiro atoms. The van der Waals surface area contributed by atoms with Crippen LogP contribution in [0.5, 0.6) is 0 Å². The summed E-state index contributed by atoms with van der Waals surface area (Å²) >= 11 is 0. The molecule has 0 atom stereocenters. The maximum absolute atomic E-state index is 5.32. The van der Waals surface area contributed by atoms with Crippen LogP contribution in [0.1, 0.15) is 12.8 Å². The van der Waals surface area contributed by atoms with Crippen LogP contribution in [0.3, 0.4) is 0 Å². The third kappa shape index (κ3) is 4.46. The van der Waals surface area contributed by atoms with E-state index < -0.39 is 0 Å². The Morgan fingerprint density at radius 2 is 1.04 bits per heavy atom. The highest BCUT2D eigenvalue weighted by atomic mass is 15.2. The summed E-state index contributed by atoms with van der Waals surface area (Å²) in [6, 6.07) is 53.8. The van der Waals surface area contributed by atoms with Gasteiger partial charge < -0.3 is 4.57 Å². The Morgan fingerprint density at radius 3 is 1.74 bits per heavy atom. The molecule has 10 rings (SSSR count). The Bertz CT molecular complexity index is 2740. The highest BCUT2D eigenvalue weighted by Gasteiger charge is 2.22. The monoisotopic (exact) mass is 640 g/mol. The highest BCUT2D eigenvalue weighted by molar-refractivity contribution is 6.21. The molecule has 236 valence electrons. The first kappa shape index (κ1) is 28.5. The second kappa shape index (κ2) is 11.6. The van der Waals surface area contributed by atoms with Crippen molar-refractivity contribution in [1.29, 1.82) is 0 Å². The zero-order valence-corrected chi connectivity index (χ0v) is 27.4. The number of nitrogens with zero attached hydrogens (tertiary/aromatic N) is 4. The Kier molecular flexibility index (Phi) is 6.59. The number of para-hydroxylation sites is 3. The van der Waals surface area contributed by atoms with Crippen molar-refractivity contribution in [2.24, 2.45) is 0 Å². The van der Waals surface area contributed by atoms with Crippen LogP contribution in [0, 0.1) is 0 Å². The predicted molar refractivity (Wildman–Crippen MR) is 208 cm³/mol. The number of benzene rings is 6. The second-order valence-electron chi connectivity index (χ2n) is 12.9. The van der Waals surface area contributed by atoms with Crippen LogP contribution in [-0.2, 0) is 0 Å². The van der Waals surface area contributed by atoms with Crippen molar-refractivity contribution in [1.82, 2.24) is 19.1 Å². The Labute approximate surface area is 289 Å². The molecule has 3 heterocycles. The van der Waals surface area contributed by atoms with Crippen molar-refractivity contribution in [2.45, 2.75) is 12.8 Å². The average molecular weight is 641 g/mol. The van der Waals surface area contributed by atoms with Gasteiger partial charge in [0.05, 0.1) is 33.5 Å². The van der Waals surface area contributed by atoms with Gasteiger partial charge in [-0.15, -0.1) is 0 Å². The van der Waals surface area contributed by atoms with E-state index in [9.17, 15) is 0 Å². The number of hydrogen-bond acceptors (Lipinski definition) is 2. The van der Waals surface area contributed by atoms with Gasteiger partial charge in [-0.05, 0) is 48.7 Å². The van der Waals surface area contributed by atoms with Crippen molar-refractivity contribution in [3.05, 3.63) is 170 Å². The molecule has 4 heteroatoms. The second-order valence-corrected chi connectivity index (χ2v) is 12.9. The highest BCUT2D eigenvalue weighted by Crippen LogP contribution is 2.43. The third-order valence-electron chi connectivity index (χ3n) is 9.97. The van der Waals surface area contributed by atoms with E-state index >= 15 is 0 Å². The molecule has 9 aromatic rings. The van der Waals surface area contributed by atoms with Gasteiger partial charge in [0.2, 0.25) is 5.95 Å². The third-order valence-corrected chi connectivity index (χ3v) is 9.97. The minimum Gasteiger partial charge on any atom is -0.310 e. The van der Waals surface area contributed by atoms with E-state index in [2.05, 4.69) is 167 Å². The van der Waals surface area contributed by atoms with E-state index in [-0.39, 0.29) is 0 Å². The molecule has 0 bridgehead atoms. The van der Waals surface area contributed by atoms with Crippen LogP contribution in [0.4, 0.5) is 0 Å². The van der Waals surface area contributed by atoms with E-state index in [4.69, 9.17) is 9.97 Å². The van der Waals surface area contributed by atoms with Crippen molar-refractivity contribution < 1.29 is 0 Å². The fourth-order valence-corrected chi connectivity index (χ4v) is 7.78. The summed E-state index contributed by atoms with van der Waals surface area (Å²) in [5.41, 5.74) is 12.0. The molecule has 4 nitrogen and oxygen atoms in total. The molecule has 0 N–H and O–H groups in total. The van der Waals surface area contributed by atoms with Gasteiger partial charge in [0.1, 0.15) is 0 Å². The van der Waals surface area contributed by atoms with E-state index in [0.717, 1.165) is 52.0 Å². The topological polar surface area (TPSA) is 35.6 Å². The molecular formula is C46H32N4. The molecule has 50 heavy (non-hydrogen) atoms. The Hall–Kier alpha value is -6.52. The molecule has 0 saturated carbocycles.